The molecule has 0 N–H and O–H groups in total. The average Bonchev–Trinajstić information content (AvgIpc) is 2.26. The van der Waals surface area contributed by atoms with Gasteiger partial charge in [-0.15, -0.1) is 4.91 Å². The summed E-state index contributed by atoms with van der Waals surface area (Å²) < 4.78 is 0. The maximum atomic E-state index is 10.6. The molecule has 0 saturated carbocycles. The third-order valence-electron chi connectivity index (χ3n) is 2.39. The summed E-state index contributed by atoms with van der Waals surface area (Å²) in [5, 5.41) is 4.62. The molecule has 1 aromatic carbocycles. The van der Waals surface area contributed by atoms with E-state index in [-0.39, 0.29) is 6.04 Å². The molecule has 1 aromatic rings. The molecule has 76 valence electrons. The first-order valence-corrected chi connectivity index (χ1v) is 4.91. The van der Waals surface area contributed by atoms with E-state index in [0.717, 1.165) is 12.0 Å². The van der Waals surface area contributed by atoms with Crippen LogP contribution in [0.3, 0.4) is 0 Å². The summed E-state index contributed by atoms with van der Waals surface area (Å²) in [6.45, 7) is 4.65. The molecule has 14 heavy (non-hydrogen) atoms. The molecule has 3 nitrogen and oxygen atoms in total. The predicted molar refractivity (Wildman–Crippen MR) is 57.5 cm³/mol. The van der Waals surface area contributed by atoms with Gasteiger partial charge in [0.1, 0.15) is 0 Å². The highest BCUT2D eigenvalue weighted by Crippen LogP contribution is 2.10. The lowest BCUT2D eigenvalue weighted by atomic mass is 10.2. The van der Waals surface area contributed by atoms with Crippen molar-refractivity contribution in [3.8, 4) is 0 Å². The Labute approximate surface area is 84.7 Å². The minimum Gasteiger partial charge on any atom is -0.254 e. The normalized spacial score (nSPS) is 12.1. The van der Waals surface area contributed by atoms with E-state index >= 15 is 0 Å². The molecule has 0 fully saturated rings. The number of nitrogens with zero attached hydrogens (tertiary/aromatic N) is 2. The van der Waals surface area contributed by atoms with Gasteiger partial charge >= 0.3 is 0 Å². The van der Waals surface area contributed by atoms with Gasteiger partial charge in [-0.3, -0.25) is 5.01 Å². The van der Waals surface area contributed by atoms with E-state index < -0.39 is 0 Å². The van der Waals surface area contributed by atoms with Gasteiger partial charge in [0.2, 0.25) is 0 Å². The zero-order valence-electron chi connectivity index (χ0n) is 8.68. The van der Waals surface area contributed by atoms with E-state index in [1.807, 2.05) is 44.2 Å². The van der Waals surface area contributed by atoms with Crippen LogP contribution in [0.2, 0.25) is 0 Å². The Morgan fingerprint density at radius 1 is 1.36 bits per heavy atom. The fourth-order valence-electron chi connectivity index (χ4n) is 1.25. The molecule has 3 heteroatoms. The Hall–Kier alpha value is -1.38. The van der Waals surface area contributed by atoms with Crippen molar-refractivity contribution >= 4 is 0 Å². The van der Waals surface area contributed by atoms with E-state index in [9.17, 15) is 4.91 Å². The lowest BCUT2D eigenvalue weighted by molar-refractivity contribution is 0.201. The fraction of sp³-hybridized carbons (Fsp3) is 0.455. The zero-order valence-corrected chi connectivity index (χ0v) is 8.68. The lowest BCUT2D eigenvalue weighted by Gasteiger charge is -2.21. The zero-order chi connectivity index (χ0) is 10.4. The molecule has 0 spiro atoms. The Morgan fingerprint density at radius 2 is 2.00 bits per heavy atom. The van der Waals surface area contributed by atoms with Gasteiger partial charge in [-0.25, -0.2) is 0 Å². The van der Waals surface area contributed by atoms with Crippen molar-refractivity contribution in [3.05, 3.63) is 40.8 Å². The fourth-order valence-corrected chi connectivity index (χ4v) is 1.25. The number of benzene rings is 1. The SMILES string of the molecule is CCC(C)N(Cc1ccccc1)N=O. The van der Waals surface area contributed by atoms with Crippen molar-refractivity contribution in [1.82, 2.24) is 5.01 Å². The predicted octanol–water partition coefficient (Wildman–Crippen LogP) is 2.97. The number of rotatable bonds is 5. The van der Waals surface area contributed by atoms with Crippen molar-refractivity contribution in [2.75, 3.05) is 0 Å². The van der Waals surface area contributed by atoms with Gasteiger partial charge in [-0.1, -0.05) is 37.3 Å². The second kappa shape index (κ2) is 5.37. The van der Waals surface area contributed by atoms with Gasteiger partial charge in [0.05, 0.1) is 11.8 Å². The molecule has 1 unspecified atom stereocenters. The first kappa shape index (κ1) is 10.7. The standard InChI is InChI=1S/C11H16N2O/c1-3-10(2)13(12-14)9-11-7-5-4-6-8-11/h4-8,10H,3,9H2,1-2H3. The van der Waals surface area contributed by atoms with Crippen LogP contribution >= 0.6 is 0 Å². The van der Waals surface area contributed by atoms with Crippen LogP contribution in [-0.4, -0.2) is 11.1 Å². The first-order valence-electron chi connectivity index (χ1n) is 4.91. The van der Waals surface area contributed by atoms with Gasteiger partial charge < -0.3 is 0 Å². The summed E-state index contributed by atoms with van der Waals surface area (Å²) in [5.74, 6) is 0. The average molecular weight is 192 g/mol. The topological polar surface area (TPSA) is 32.7 Å². The molecule has 1 rings (SSSR count). The molecule has 0 aliphatic heterocycles. The van der Waals surface area contributed by atoms with E-state index in [1.54, 1.807) is 5.01 Å². The van der Waals surface area contributed by atoms with Gasteiger partial charge in [-0.05, 0) is 18.9 Å². The molecule has 0 aliphatic rings. The van der Waals surface area contributed by atoms with E-state index in [4.69, 9.17) is 0 Å². The van der Waals surface area contributed by atoms with Crippen LogP contribution in [0.4, 0.5) is 0 Å². The van der Waals surface area contributed by atoms with E-state index in [1.165, 1.54) is 0 Å². The third kappa shape index (κ3) is 2.83. The molecule has 0 heterocycles. The Kier molecular flexibility index (Phi) is 4.11. The van der Waals surface area contributed by atoms with Crippen molar-refractivity contribution < 1.29 is 0 Å². The Balaban J connectivity index is 2.61. The van der Waals surface area contributed by atoms with Crippen LogP contribution in [-0.2, 0) is 6.54 Å². The highest BCUT2D eigenvalue weighted by molar-refractivity contribution is 5.14. The lowest BCUT2D eigenvalue weighted by Crippen LogP contribution is -2.26. The van der Waals surface area contributed by atoms with Crippen LogP contribution in [0, 0.1) is 4.91 Å². The quantitative estimate of drug-likeness (QED) is 0.530. The van der Waals surface area contributed by atoms with Crippen LogP contribution < -0.4 is 0 Å². The smallest absolute Gasteiger partial charge is 0.0645 e. The number of nitroso groups, excluding NO2 is 1. The molecule has 0 bridgehead atoms. The van der Waals surface area contributed by atoms with Gasteiger partial charge in [0.25, 0.3) is 0 Å². The summed E-state index contributed by atoms with van der Waals surface area (Å²) in [4.78, 5) is 10.6. The van der Waals surface area contributed by atoms with Crippen LogP contribution in [0.5, 0.6) is 0 Å². The third-order valence-corrected chi connectivity index (χ3v) is 2.39. The second-order valence-electron chi connectivity index (χ2n) is 3.42. The van der Waals surface area contributed by atoms with Crippen LogP contribution in [0.25, 0.3) is 0 Å². The number of hydrogen-bond donors (Lipinski definition) is 0. The molecular formula is C11H16N2O. The first-order chi connectivity index (χ1) is 6.77. The van der Waals surface area contributed by atoms with Crippen LogP contribution in [0.15, 0.2) is 35.6 Å². The van der Waals surface area contributed by atoms with Crippen LogP contribution in [0.1, 0.15) is 25.8 Å². The summed E-state index contributed by atoms with van der Waals surface area (Å²) in [7, 11) is 0. The van der Waals surface area contributed by atoms with E-state index in [2.05, 4.69) is 5.29 Å². The number of hydrogen-bond acceptors (Lipinski definition) is 2. The minimum atomic E-state index is 0.202. The maximum absolute atomic E-state index is 10.6. The monoisotopic (exact) mass is 192 g/mol. The molecule has 1 atom stereocenters. The summed E-state index contributed by atoms with van der Waals surface area (Å²) in [6.07, 6.45) is 0.929. The Bertz CT molecular complexity index is 274. The summed E-state index contributed by atoms with van der Waals surface area (Å²) in [5.41, 5.74) is 1.12. The largest absolute Gasteiger partial charge is 0.254 e. The Morgan fingerprint density at radius 3 is 2.50 bits per heavy atom. The molecule has 0 aromatic heterocycles. The molecule has 0 aliphatic carbocycles. The van der Waals surface area contributed by atoms with E-state index in [0.29, 0.717) is 6.54 Å². The van der Waals surface area contributed by atoms with Crippen molar-refractivity contribution in [1.29, 1.82) is 0 Å². The van der Waals surface area contributed by atoms with Gasteiger partial charge in [0, 0.05) is 6.04 Å². The van der Waals surface area contributed by atoms with Crippen molar-refractivity contribution in [2.45, 2.75) is 32.9 Å². The molecule has 0 amide bonds. The highest BCUT2D eigenvalue weighted by atomic mass is 16.3. The highest BCUT2D eigenvalue weighted by Gasteiger charge is 2.10. The molecule has 0 radical (unpaired) electrons. The van der Waals surface area contributed by atoms with Crippen molar-refractivity contribution in [3.63, 3.8) is 0 Å². The summed E-state index contributed by atoms with van der Waals surface area (Å²) >= 11 is 0. The minimum absolute atomic E-state index is 0.202. The summed E-state index contributed by atoms with van der Waals surface area (Å²) in [6, 6.07) is 10.1. The molecule has 0 saturated heterocycles. The van der Waals surface area contributed by atoms with Gasteiger partial charge in [0.15, 0.2) is 0 Å². The van der Waals surface area contributed by atoms with Gasteiger partial charge in [-0.2, -0.15) is 0 Å². The second-order valence-corrected chi connectivity index (χ2v) is 3.42. The maximum Gasteiger partial charge on any atom is 0.0645 e. The molecular weight excluding hydrogens is 176 g/mol. The van der Waals surface area contributed by atoms with Crippen molar-refractivity contribution in [2.24, 2.45) is 5.29 Å².